The second-order valence-corrected chi connectivity index (χ2v) is 4.56. The second kappa shape index (κ2) is 5.27. The predicted molar refractivity (Wildman–Crippen MR) is 67.5 cm³/mol. The summed E-state index contributed by atoms with van der Waals surface area (Å²) < 4.78 is 13.0. The third kappa shape index (κ3) is 3.27. The van der Waals surface area contributed by atoms with Gasteiger partial charge in [0.05, 0.1) is 11.0 Å². The van der Waals surface area contributed by atoms with Crippen LogP contribution in [0.15, 0.2) is 18.2 Å². The van der Waals surface area contributed by atoms with Crippen LogP contribution in [0.5, 0.6) is 0 Å². The van der Waals surface area contributed by atoms with Crippen LogP contribution >= 0.6 is 0 Å². The fraction of sp³-hybridized carbons (Fsp3) is 0.462. The summed E-state index contributed by atoms with van der Waals surface area (Å²) in [4.78, 5) is 7.57. The predicted octanol–water partition coefficient (Wildman–Crippen LogP) is 2.63. The molecule has 0 saturated heterocycles. The molecular weight excluding hydrogens is 217 g/mol. The molecular formula is C13H18FN3. The van der Waals surface area contributed by atoms with Crippen LogP contribution in [0.3, 0.4) is 0 Å². The zero-order chi connectivity index (χ0) is 12.3. The Balaban J connectivity index is 1.95. The van der Waals surface area contributed by atoms with E-state index in [1.807, 2.05) is 0 Å². The number of rotatable bonds is 5. The summed E-state index contributed by atoms with van der Waals surface area (Å²) >= 11 is 0. The normalized spacial score (nSPS) is 11.5. The van der Waals surface area contributed by atoms with Gasteiger partial charge < -0.3 is 10.3 Å². The van der Waals surface area contributed by atoms with E-state index in [-0.39, 0.29) is 5.82 Å². The van der Waals surface area contributed by atoms with Gasteiger partial charge in [0.25, 0.3) is 0 Å². The number of nitrogens with one attached hydrogen (secondary N) is 2. The van der Waals surface area contributed by atoms with Gasteiger partial charge in [0.1, 0.15) is 11.6 Å². The lowest BCUT2D eigenvalue weighted by atomic mass is 10.3. The molecule has 92 valence electrons. The van der Waals surface area contributed by atoms with E-state index in [9.17, 15) is 4.39 Å². The molecule has 0 radical (unpaired) electrons. The molecule has 0 aliphatic heterocycles. The van der Waals surface area contributed by atoms with Crippen molar-refractivity contribution in [1.82, 2.24) is 15.3 Å². The molecule has 2 N–H and O–H groups in total. The van der Waals surface area contributed by atoms with E-state index < -0.39 is 0 Å². The molecule has 0 spiro atoms. The van der Waals surface area contributed by atoms with Crippen molar-refractivity contribution in [2.24, 2.45) is 0 Å². The summed E-state index contributed by atoms with van der Waals surface area (Å²) in [7, 11) is 0. The molecule has 1 aromatic heterocycles. The van der Waals surface area contributed by atoms with Gasteiger partial charge in [-0.2, -0.15) is 0 Å². The molecule has 1 aromatic carbocycles. The van der Waals surface area contributed by atoms with Gasteiger partial charge in [-0.15, -0.1) is 0 Å². The topological polar surface area (TPSA) is 40.7 Å². The summed E-state index contributed by atoms with van der Waals surface area (Å²) in [5.41, 5.74) is 1.61. The minimum absolute atomic E-state index is 0.228. The maximum atomic E-state index is 13.0. The van der Waals surface area contributed by atoms with E-state index >= 15 is 0 Å². The molecule has 0 unspecified atom stereocenters. The lowest BCUT2D eigenvalue weighted by Crippen LogP contribution is -2.24. The fourth-order valence-electron chi connectivity index (χ4n) is 1.80. The minimum atomic E-state index is -0.228. The minimum Gasteiger partial charge on any atom is -0.342 e. The largest absolute Gasteiger partial charge is 0.342 e. The number of nitrogens with zero attached hydrogens (tertiary/aromatic N) is 1. The van der Waals surface area contributed by atoms with Crippen molar-refractivity contribution in [3.05, 3.63) is 29.8 Å². The molecule has 0 aliphatic rings. The molecule has 0 saturated carbocycles. The van der Waals surface area contributed by atoms with Crippen LogP contribution in [0.25, 0.3) is 11.0 Å². The van der Waals surface area contributed by atoms with Gasteiger partial charge in [-0.05, 0) is 31.2 Å². The molecule has 17 heavy (non-hydrogen) atoms. The number of aryl methyl sites for hydroxylation is 1. The van der Waals surface area contributed by atoms with Gasteiger partial charge in [0.15, 0.2) is 0 Å². The maximum Gasteiger partial charge on any atom is 0.125 e. The van der Waals surface area contributed by atoms with Crippen molar-refractivity contribution in [2.45, 2.75) is 32.7 Å². The van der Waals surface area contributed by atoms with E-state index in [1.54, 1.807) is 6.07 Å². The third-order valence-corrected chi connectivity index (χ3v) is 2.64. The first-order chi connectivity index (χ1) is 8.15. The summed E-state index contributed by atoms with van der Waals surface area (Å²) in [5, 5.41) is 3.36. The summed E-state index contributed by atoms with van der Waals surface area (Å²) in [6, 6.07) is 5.14. The first-order valence-corrected chi connectivity index (χ1v) is 6.02. The fourth-order valence-corrected chi connectivity index (χ4v) is 1.80. The lowest BCUT2D eigenvalue weighted by Gasteiger charge is -2.06. The Morgan fingerprint density at radius 1 is 1.41 bits per heavy atom. The molecule has 2 rings (SSSR count). The Morgan fingerprint density at radius 3 is 3.00 bits per heavy atom. The number of aromatic nitrogens is 2. The summed E-state index contributed by atoms with van der Waals surface area (Å²) in [6.45, 7) is 5.23. The van der Waals surface area contributed by atoms with Crippen LogP contribution < -0.4 is 5.32 Å². The van der Waals surface area contributed by atoms with Crippen LogP contribution in [0.2, 0.25) is 0 Å². The standard InChI is InChI=1S/C13H18FN3/c1-9(2)15-7-3-4-13-16-11-6-5-10(14)8-12(11)17-13/h5-6,8-9,15H,3-4,7H2,1-2H3,(H,16,17). The molecule has 0 aliphatic carbocycles. The monoisotopic (exact) mass is 235 g/mol. The van der Waals surface area contributed by atoms with Gasteiger partial charge in [-0.1, -0.05) is 13.8 Å². The highest BCUT2D eigenvalue weighted by Gasteiger charge is 2.03. The number of imidazole rings is 1. The molecule has 4 heteroatoms. The highest BCUT2D eigenvalue weighted by molar-refractivity contribution is 5.74. The summed E-state index contributed by atoms with van der Waals surface area (Å²) in [5.74, 6) is 0.699. The van der Waals surface area contributed by atoms with Gasteiger partial charge in [-0.25, -0.2) is 9.37 Å². The molecule has 0 amide bonds. The third-order valence-electron chi connectivity index (χ3n) is 2.64. The Kier molecular flexibility index (Phi) is 3.74. The number of hydrogen-bond donors (Lipinski definition) is 2. The summed E-state index contributed by atoms with van der Waals surface area (Å²) in [6.07, 6.45) is 1.91. The molecule has 3 nitrogen and oxygen atoms in total. The van der Waals surface area contributed by atoms with Crippen LogP contribution in [-0.4, -0.2) is 22.6 Å². The molecule has 2 aromatic rings. The molecule has 0 atom stereocenters. The van der Waals surface area contributed by atoms with Gasteiger partial charge >= 0.3 is 0 Å². The van der Waals surface area contributed by atoms with Crippen molar-refractivity contribution in [3.8, 4) is 0 Å². The zero-order valence-corrected chi connectivity index (χ0v) is 10.3. The van der Waals surface area contributed by atoms with E-state index in [1.165, 1.54) is 12.1 Å². The number of benzene rings is 1. The SMILES string of the molecule is CC(C)NCCCc1nc2ccc(F)cc2[nH]1. The number of halogens is 1. The van der Waals surface area contributed by atoms with Crippen molar-refractivity contribution in [3.63, 3.8) is 0 Å². The first-order valence-electron chi connectivity index (χ1n) is 6.02. The Morgan fingerprint density at radius 2 is 2.24 bits per heavy atom. The van der Waals surface area contributed by atoms with Crippen molar-refractivity contribution >= 4 is 11.0 Å². The number of aromatic amines is 1. The van der Waals surface area contributed by atoms with Crippen molar-refractivity contribution in [1.29, 1.82) is 0 Å². The Hall–Kier alpha value is -1.42. The van der Waals surface area contributed by atoms with Crippen LogP contribution in [-0.2, 0) is 6.42 Å². The number of hydrogen-bond acceptors (Lipinski definition) is 2. The smallest absolute Gasteiger partial charge is 0.125 e. The Labute approximate surface area is 100 Å². The maximum absolute atomic E-state index is 13.0. The van der Waals surface area contributed by atoms with Gasteiger partial charge in [-0.3, -0.25) is 0 Å². The second-order valence-electron chi connectivity index (χ2n) is 4.56. The van der Waals surface area contributed by atoms with E-state index in [4.69, 9.17) is 0 Å². The average molecular weight is 235 g/mol. The number of fused-ring (bicyclic) bond motifs is 1. The van der Waals surface area contributed by atoms with E-state index in [0.717, 1.165) is 36.2 Å². The molecule has 0 fully saturated rings. The molecule has 0 bridgehead atoms. The van der Waals surface area contributed by atoms with E-state index in [2.05, 4.69) is 29.1 Å². The molecule has 1 heterocycles. The van der Waals surface area contributed by atoms with Crippen LogP contribution in [0, 0.1) is 5.82 Å². The van der Waals surface area contributed by atoms with Crippen LogP contribution in [0.1, 0.15) is 26.1 Å². The lowest BCUT2D eigenvalue weighted by molar-refractivity contribution is 0.567. The number of H-pyrrole nitrogens is 1. The zero-order valence-electron chi connectivity index (χ0n) is 10.3. The van der Waals surface area contributed by atoms with Crippen LogP contribution in [0.4, 0.5) is 4.39 Å². The Bertz CT molecular complexity index is 490. The van der Waals surface area contributed by atoms with Gasteiger partial charge in [0, 0.05) is 12.5 Å². The highest BCUT2D eigenvalue weighted by Crippen LogP contribution is 2.13. The van der Waals surface area contributed by atoms with Crippen molar-refractivity contribution < 1.29 is 4.39 Å². The van der Waals surface area contributed by atoms with Crippen molar-refractivity contribution in [2.75, 3.05) is 6.54 Å². The van der Waals surface area contributed by atoms with E-state index in [0.29, 0.717) is 6.04 Å². The quantitative estimate of drug-likeness (QED) is 0.782. The first kappa shape index (κ1) is 12.0. The highest BCUT2D eigenvalue weighted by atomic mass is 19.1. The average Bonchev–Trinajstić information content (AvgIpc) is 2.66. The van der Waals surface area contributed by atoms with Gasteiger partial charge in [0.2, 0.25) is 0 Å².